The molecule has 0 bridgehead atoms. The molecule has 2 rings (SSSR count). The van der Waals surface area contributed by atoms with Gasteiger partial charge in [-0.2, -0.15) is 0 Å². The van der Waals surface area contributed by atoms with Gasteiger partial charge in [0.15, 0.2) is 0 Å². The molecule has 4 nitrogen and oxygen atoms in total. The summed E-state index contributed by atoms with van der Waals surface area (Å²) in [6.07, 6.45) is -0.0346. The van der Waals surface area contributed by atoms with Crippen LogP contribution in [0.25, 0.3) is 0 Å². The molecule has 1 aromatic rings. The van der Waals surface area contributed by atoms with Gasteiger partial charge in [-0.15, -0.1) is 0 Å². The molecule has 0 saturated carbocycles. The van der Waals surface area contributed by atoms with E-state index in [1.54, 1.807) is 6.92 Å². The molecule has 1 aliphatic rings. The molecule has 0 spiro atoms. The van der Waals surface area contributed by atoms with E-state index in [-0.39, 0.29) is 17.9 Å². The van der Waals surface area contributed by atoms with Crippen LogP contribution >= 0.6 is 0 Å². The van der Waals surface area contributed by atoms with Gasteiger partial charge in [0.05, 0.1) is 12.0 Å². The van der Waals surface area contributed by atoms with E-state index in [1.165, 1.54) is 10.5 Å². The molecule has 4 heteroatoms. The van der Waals surface area contributed by atoms with Gasteiger partial charge in [0.1, 0.15) is 0 Å². The van der Waals surface area contributed by atoms with Crippen LogP contribution in [0.1, 0.15) is 38.7 Å². The Morgan fingerprint density at radius 3 is 2.26 bits per heavy atom. The van der Waals surface area contributed by atoms with Crippen molar-refractivity contribution >= 4 is 17.6 Å². The van der Waals surface area contributed by atoms with Gasteiger partial charge in [-0.1, -0.05) is 26.0 Å². The predicted octanol–water partition coefficient (Wildman–Crippen LogP) is 2.91. The van der Waals surface area contributed by atoms with Crippen molar-refractivity contribution < 1.29 is 14.7 Å². The molecular weight excluding hydrogens is 242 g/mol. The van der Waals surface area contributed by atoms with E-state index >= 15 is 0 Å². The van der Waals surface area contributed by atoms with Crippen molar-refractivity contribution in [1.82, 2.24) is 0 Å². The van der Waals surface area contributed by atoms with Crippen LogP contribution in [0.3, 0.4) is 0 Å². The zero-order valence-corrected chi connectivity index (χ0v) is 11.3. The van der Waals surface area contributed by atoms with Crippen LogP contribution in [0.15, 0.2) is 35.5 Å². The number of carbonyl (C=O) groups is 2. The normalized spacial score (nSPS) is 15.6. The predicted molar refractivity (Wildman–Crippen MR) is 73.0 cm³/mol. The number of benzene rings is 1. The SMILES string of the molecule is CC1=C(C(=O)O)CC(=O)N1c1ccc(C(C)C)cc1. The summed E-state index contributed by atoms with van der Waals surface area (Å²) in [7, 11) is 0. The van der Waals surface area contributed by atoms with Crippen molar-refractivity contribution in [3.8, 4) is 0 Å². The molecule has 1 heterocycles. The van der Waals surface area contributed by atoms with Crippen LogP contribution < -0.4 is 4.90 Å². The summed E-state index contributed by atoms with van der Waals surface area (Å²) in [5.41, 5.74) is 2.60. The minimum Gasteiger partial charge on any atom is -0.478 e. The van der Waals surface area contributed by atoms with Crippen molar-refractivity contribution in [3.05, 3.63) is 41.1 Å². The van der Waals surface area contributed by atoms with Crippen LogP contribution in [0.5, 0.6) is 0 Å². The summed E-state index contributed by atoms with van der Waals surface area (Å²) in [6.45, 7) is 5.87. The van der Waals surface area contributed by atoms with E-state index in [2.05, 4.69) is 13.8 Å². The molecule has 0 aliphatic carbocycles. The van der Waals surface area contributed by atoms with Gasteiger partial charge in [-0.05, 0) is 30.5 Å². The fraction of sp³-hybridized carbons (Fsp3) is 0.333. The molecule has 0 fully saturated rings. The third kappa shape index (κ3) is 2.38. The molecule has 19 heavy (non-hydrogen) atoms. The van der Waals surface area contributed by atoms with E-state index < -0.39 is 5.97 Å². The lowest BCUT2D eigenvalue weighted by Crippen LogP contribution is -2.23. The van der Waals surface area contributed by atoms with Crippen LogP contribution in [0.2, 0.25) is 0 Å². The summed E-state index contributed by atoms with van der Waals surface area (Å²) in [4.78, 5) is 24.5. The van der Waals surface area contributed by atoms with Crippen molar-refractivity contribution in [2.24, 2.45) is 0 Å². The maximum absolute atomic E-state index is 11.9. The third-order valence-corrected chi connectivity index (χ3v) is 3.43. The topological polar surface area (TPSA) is 57.6 Å². The number of carboxylic acid groups (broad SMARTS) is 1. The number of nitrogens with zero attached hydrogens (tertiary/aromatic N) is 1. The van der Waals surface area contributed by atoms with Gasteiger partial charge in [0.2, 0.25) is 5.91 Å². The summed E-state index contributed by atoms with van der Waals surface area (Å²) in [5.74, 6) is -0.783. The Balaban J connectivity index is 2.36. The molecule has 1 N–H and O–H groups in total. The lowest BCUT2D eigenvalue weighted by Gasteiger charge is -2.19. The smallest absolute Gasteiger partial charge is 0.333 e. The number of anilines is 1. The molecule has 1 aromatic carbocycles. The van der Waals surface area contributed by atoms with Gasteiger partial charge in [0.25, 0.3) is 0 Å². The summed E-state index contributed by atoms with van der Waals surface area (Å²) >= 11 is 0. The van der Waals surface area contributed by atoms with Gasteiger partial charge < -0.3 is 5.11 Å². The number of carboxylic acids is 1. The highest BCUT2D eigenvalue weighted by atomic mass is 16.4. The first-order chi connectivity index (χ1) is 8.91. The Kier molecular flexibility index (Phi) is 3.42. The maximum Gasteiger partial charge on any atom is 0.333 e. The second-order valence-electron chi connectivity index (χ2n) is 5.02. The van der Waals surface area contributed by atoms with E-state index in [1.807, 2.05) is 24.3 Å². The van der Waals surface area contributed by atoms with E-state index in [0.29, 0.717) is 11.6 Å². The lowest BCUT2D eigenvalue weighted by atomic mass is 10.0. The van der Waals surface area contributed by atoms with Gasteiger partial charge in [-0.3, -0.25) is 9.69 Å². The van der Waals surface area contributed by atoms with Crippen molar-refractivity contribution in [2.45, 2.75) is 33.1 Å². The highest BCUT2D eigenvalue weighted by Gasteiger charge is 2.31. The Morgan fingerprint density at radius 1 is 1.26 bits per heavy atom. The first kappa shape index (κ1) is 13.3. The number of aliphatic carboxylic acids is 1. The average Bonchev–Trinajstić information content (AvgIpc) is 2.65. The Labute approximate surface area is 112 Å². The molecule has 0 radical (unpaired) electrons. The average molecular weight is 259 g/mol. The second kappa shape index (κ2) is 4.88. The molecule has 0 atom stereocenters. The monoisotopic (exact) mass is 259 g/mol. The van der Waals surface area contributed by atoms with Gasteiger partial charge in [-0.25, -0.2) is 4.79 Å². The fourth-order valence-corrected chi connectivity index (χ4v) is 2.26. The van der Waals surface area contributed by atoms with E-state index in [9.17, 15) is 9.59 Å². The molecular formula is C15H17NO3. The Bertz CT molecular complexity index is 555. The molecule has 0 unspecified atom stereocenters. The molecule has 0 saturated heterocycles. The summed E-state index contributed by atoms with van der Waals surface area (Å²) in [5, 5.41) is 9.05. The zero-order valence-electron chi connectivity index (χ0n) is 11.3. The van der Waals surface area contributed by atoms with Crippen LogP contribution in [-0.4, -0.2) is 17.0 Å². The molecule has 1 aliphatic heterocycles. The number of allylic oxidation sites excluding steroid dienone is 1. The number of carbonyl (C=O) groups excluding carboxylic acids is 1. The highest BCUT2D eigenvalue weighted by molar-refractivity contribution is 6.08. The second-order valence-corrected chi connectivity index (χ2v) is 5.02. The quantitative estimate of drug-likeness (QED) is 0.908. The number of hydrogen-bond acceptors (Lipinski definition) is 2. The van der Waals surface area contributed by atoms with Gasteiger partial charge >= 0.3 is 5.97 Å². The molecule has 100 valence electrons. The largest absolute Gasteiger partial charge is 0.478 e. The zero-order chi connectivity index (χ0) is 14.2. The van der Waals surface area contributed by atoms with Crippen molar-refractivity contribution in [3.63, 3.8) is 0 Å². The summed E-state index contributed by atoms with van der Waals surface area (Å²) < 4.78 is 0. The van der Waals surface area contributed by atoms with E-state index in [4.69, 9.17) is 5.11 Å². The standard InChI is InChI=1S/C15H17NO3/c1-9(2)11-4-6-12(7-5-11)16-10(3)13(15(18)19)8-14(16)17/h4-7,9H,8H2,1-3H3,(H,18,19). The van der Waals surface area contributed by atoms with Gasteiger partial charge in [0, 0.05) is 11.4 Å². The highest BCUT2D eigenvalue weighted by Crippen LogP contribution is 2.30. The Hall–Kier alpha value is -2.10. The van der Waals surface area contributed by atoms with Crippen LogP contribution in [0, 0.1) is 0 Å². The Morgan fingerprint density at radius 2 is 1.84 bits per heavy atom. The van der Waals surface area contributed by atoms with Crippen molar-refractivity contribution in [2.75, 3.05) is 4.90 Å². The minimum absolute atomic E-state index is 0.0346. The summed E-state index contributed by atoms with van der Waals surface area (Å²) in [6, 6.07) is 7.67. The minimum atomic E-state index is -1.02. The third-order valence-electron chi connectivity index (χ3n) is 3.43. The lowest BCUT2D eigenvalue weighted by molar-refractivity contribution is -0.133. The van der Waals surface area contributed by atoms with E-state index in [0.717, 1.165) is 5.69 Å². The first-order valence-corrected chi connectivity index (χ1v) is 6.27. The van der Waals surface area contributed by atoms with Crippen LogP contribution in [0.4, 0.5) is 5.69 Å². The molecule has 0 aromatic heterocycles. The fourth-order valence-electron chi connectivity index (χ4n) is 2.26. The van der Waals surface area contributed by atoms with Crippen LogP contribution in [-0.2, 0) is 9.59 Å². The number of amides is 1. The van der Waals surface area contributed by atoms with Crippen molar-refractivity contribution in [1.29, 1.82) is 0 Å². The number of hydrogen-bond donors (Lipinski definition) is 1. The molecule has 1 amide bonds. The maximum atomic E-state index is 11.9. The number of rotatable bonds is 3. The first-order valence-electron chi connectivity index (χ1n) is 6.27.